The van der Waals surface area contributed by atoms with Gasteiger partial charge in [0.25, 0.3) is 17.5 Å². The topological polar surface area (TPSA) is 136 Å². The van der Waals surface area contributed by atoms with Crippen LogP contribution in [0.1, 0.15) is 44.6 Å². The van der Waals surface area contributed by atoms with E-state index in [2.05, 4.69) is 15.5 Å². The highest BCUT2D eigenvalue weighted by Gasteiger charge is 2.33. The van der Waals surface area contributed by atoms with E-state index in [1.165, 1.54) is 36.0 Å². The standard InChI is InChI=1S/C32H27N7O4S2/c1-21-9-11-22(12-10-21)27-18-26(28-8-5-17-44-28)36-38(27)30(40)20-45-32-35-34-29(37(32)24-6-3-2-4-7-24)19-33-31(41)23-13-15-25(16-14-23)39(42)43/h2-17,27H,18-20H2,1H3,(H,33,41)/t27-/m0/s1. The summed E-state index contributed by atoms with van der Waals surface area (Å²) in [5.74, 6) is -0.0349. The number of amides is 2. The first-order valence-electron chi connectivity index (χ1n) is 14.0. The number of carbonyl (C=O) groups excluding carboxylic acids is 2. The third kappa shape index (κ3) is 6.69. The molecule has 0 bridgehead atoms. The van der Waals surface area contributed by atoms with Gasteiger partial charge in [0, 0.05) is 29.8 Å². The number of hydrogen-bond donors (Lipinski definition) is 1. The molecule has 2 aromatic heterocycles. The second-order valence-corrected chi connectivity index (χ2v) is 12.1. The Balaban J connectivity index is 1.20. The number of thioether (sulfide) groups is 1. The number of rotatable bonds is 10. The fraction of sp³-hybridized carbons (Fsp3) is 0.156. The van der Waals surface area contributed by atoms with Crippen molar-refractivity contribution in [2.45, 2.75) is 31.1 Å². The summed E-state index contributed by atoms with van der Waals surface area (Å²) >= 11 is 2.85. The zero-order valence-corrected chi connectivity index (χ0v) is 25.7. The summed E-state index contributed by atoms with van der Waals surface area (Å²) in [4.78, 5) is 38.0. The highest BCUT2D eigenvalue weighted by Crippen LogP contribution is 2.35. The van der Waals surface area contributed by atoms with Crippen LogP contribution in [-0.4, -0.2) is 48.0 Å². The molecule has 0 spiro atoms. The minimum Gasteiger partial charge on any atom is -0.345 e. The van der Waals surface area contributed by atoms with Crippen LogP contribution in [0.2, 0.25) is 0 Å². The molecular formula is C32H27N7O4S2. The number of hydrogen-bond acceptors (Lipinski definition) is 9. The first-order valence-corrected chi connectivity index (χ1v) is 15.9. The number of aryl methyl sites for hydroxylation is 1. The lowest BCUT2D eigenvalue weighted by molar-refractivity contribution is -0.384. The molecule has 3 heterocycles. The highest BCUT2D eigenvalue weighted by molar-refractivity contribution is 7.99. The predicted octanol–water partition coefficient (Wildman–Crippen LogP) is 5.95. The molecule has 11 nitrogen and oxygen atoms in total. The average molecular weight is 638 g/mol. The van der Waals surface area contributed by atoms with Gasteiger partial charge in [0.1, 0.15) is 0 Å². The van der Waals surface area contributed by atoms with Crippen molar-refractivity contribution in [2.75, 3.05) is 5.75 Å². The number of nitro groups is 1. The zero-order chi connectivity index (χ0) is 31.3. The van der Waals surface area contributed by atoms with Crippen molar-refractivity contribution in [3.05, 3.63) is 134 Å². The van der Waals surface area contributed by atoms with Crippen LogP contribution in [0.5, 0.6) is 0 Å². The summed E-state index contributed by atoms with van der Waals surface area (Å²) in [6.07, 6.45) is 0.624. The van der Waals surface area contributed by atoms with Crippen LogP contribution in [0.25, 0.3) is 5.69 Å². The van der Waals surface area contributed by atoms with Crippen LogP contribution in [0, 0.1) is 17.0 Å². The van der Waals surface area contributed by atoms with Gasteiger partial charge < -0.3 is 5.32 Å². The largest absolute Gasteiger partial charge is 0.345 e. The van der Waals surface area contributed by atoms with E-state index in [4.69, 9.17) is 5.10 Å². The van der Waals surface area contributed by atoms with Gasteiger partial charge in [-0.15, -0.1) is 21.5 Å². The van der Waals surface area contributed by atoms with Crippen molar-refractivity contribution in [3.8, 4) is 5.69 Å². The third-order valence-electron chi connectivity index (χ3n) is 7.22. The molecule has 5 aromatic rings. The summed E-state index contributed by atoms with van der Waals surface area (Å²) < 4.78 is 1.80. The first-order chi connectivity index (χ1) is 21.9. The Labute approximate surface area is 266 Å². The fourth-order valence-corrected chi connectivity index (χ4v) is 6.46. The SMILES string of the molecule is Cc1ccc([C@@H]2CC(c3cccs3)=NN2C(=O)CSc2nnc(CNC(=O)c3ccc([N+](=O)[O-])cc3)n2-c2ccccc2)cc1. The van der Waals surface area contributed by atoms with Gasteiger partial charge in [-0.25, -0.2) is 5.01 Å². The smallest absolute Gasteiger partial charge is 0.269 e. The Bertz CT molecular complexity index is 1860. The molecule has 0 radical (unpaired) electrons. The number of thiophene rings is 1. The summed E-state index contributed by atoms with van der Waals surface area (Å²) in [5.41, 5.74) is 4.00. The number of hydrazone groups is 1. The van der Waals surface area contributed by atoms with E-state index in [1.807, 2.05) is 79.0 Å². The second kappa shape index (κ2) is 13.2. The Morgan fingerprint density at radius 3 is 2.44 bits per heavy atom. The number of nitrogens with one attached hydrogen (secondary N) is 1. The first kappa shape index (κ1) is 29.9. The number of aromatic nitrogens is 3. The van der Waals surface area contributed by atoms with Gasteiger partial charge in [0.2, 0.25) is 0 Å². The molecule has 1 aliphatic heterocycles. The van der Waals surface area contributed by atoms with Crippen molar-refractivity contribution in [2.24, 2.45) is 5.10 Å². The number of non-ortho nitro benzene ring substituents is 1. The van der Waals surface area contributed by atoms with Gasteiger partial charge >= 0.3 is 0 Å². The minimum absolute atomic E-state index is 0.0440. The van der Waals surface area contributed by atoms with Gasteiger partial charge in [-0.3, -0.25) is 24.3 Å². The molecule has 45 heavy (non-hydrogen) atoms. The van der Waals surface area contributed by atoms with Crippen LogP contribution >= 0.6 is 23.1 Å². The molecular weight excluding hydrogens is 611 g/mol. The van der Waals surface area contributed by atoms with Crippen LogP contribution in [0.3, 0.4) is 0 Å². The molecule has 0 aliphatic carbocycles. The quantitative estimate of drug-likeness (QED) is 0.114. The zero-order valence-electron chi connectivity index (χ0n) is 24.1. The van der Waals surface area contributed by atoms with Crippen molar-refractivity contribution >= 4 is 46.3 Å². The predicted molar refractivity (Wildman–Crippen MR) is 173 cm³/mol. The summed E-state index contributed by atoms with van der Waals surface area (Å²) in [7, 11) is 0. The van der Waals surface area contributed by atoms with E-state index < -0.39 is 10.8 Å². The molecule has 0 fully saturated rings. The third-order valence-corrected chi connectivity index (χ3v) is 9.05. The molecule has 1 N–H and O–H groups in total. The van der Waals surface area contributed by atoms with E-state index in [-0.39, 0.29) is 35.5 Å². The van der Waals surface area contributed by atoms with Crippen LogP contribution in [0.4, 0.5) is 5.69 Å². The molecule has 13 heteroatoms. The number of nitrogens with zero attached hydrogens (tertiary/aromatic N) is 6. The molecule has 0 saturated heterocycles. The summed E-state index contributed by atoms with van der Waals surface area (Å²) in [5, 5.41) is 31.3. The van der Waals surface area contributed by atoms with Crippen molar-refractivity contribution < 1.29 is 14.5 Å². The lowest BCUT2D eigenvalue weighted by Gasteiger charge is -2.22. The number of para-hydroxylation sites is 1. The van der Waals surface area contributed by atoms with Crippen molar-refractivity contribution in [1.82, 2.24) is 25.1 Å². The van der Waals surface area contributed by atoms with Crippen LogP contribution < -0.4 is 5.32 Å². The highest BCUT2D eigenvalue weighted by atomic mass is 32.2. The summed E-state index contributed by atoms with van der Waals surface area (Å²) in [6, 6.07) is 26.8. The van der Waals surface area contributed by atoms with Crippen molar-refractivity contribution in [3.63, 3.8) is 0 Å². The van der Waals surface area contributed by atoms with Gasteiger partial charge in [-0.1, -0.05) is 65.9 Å². The molecule has 1 atom stereocenters. The lowest BCUT2D eigenvalue weighted by Crippen LogP contribution is -2.28. The molecule has 0 unspecified atom stereocenters. The molecule has 6 rings (SSSR count). The number of nitro benzene ring substituents is 1. The summed E-state index contributed by atoms with van der Waals surface area (Å²) in [6.45, 7) is 2.08. The van der Waals surface area contributed by atoms with Crippen LogP contribution in [0.15, 0.2) is 107 Å². The Kier molecular flexibility index (Phi) is 8.80. The van der Waals surface area contributed by atoms with E-state index in [0.29, 0.717) is 17.4 Å². The Morgan fingerprint density at radius 2 is 1.76 bits per heavy atom. The van der Waals surface area contributed by atoms with Crippen molar-refractivity contribution in [1.29, 1.82) is 0 Å². The van der Waals surface area contributed by atoms with Gasteiger partial charge in [0.15, 0.2) is 11.0 Å². The van der Waals surface area contributed by atoms with E-state index in [1.54, 1.807) is 20.9 Å². The van der Waals surface area contributed by atoms with Crippen LogP contribution in [-0.2, 0) is 11.3 Å². The molecule has 2 amide bonds. The Morgan fingerprint density at radius 1 is 1.00 bits per heavy atom. The molecule has 1 aliphatic rings. The number of carbonyl (C=O) groups is 2. The fourth-order valence-electron chi connectivity index (χ4n) is 4.91. The monoisotopic (exact) mass is 637 g/mol. The minimum atomic E-state index is -0.518. The maximum absolute atomic E-state index is 13.7. The maximum atomic E-state index is 13.7. The van der Waals surface area contributed by atoms with E-state index in [0.717, 1.165) is 27.4 Å². The van der Waals surface area contributed by atoms with Gasteiger partial charge in [-0.05, 0) is 48.2 Å². The maximum Gasteiger partial charge on any atom is 0.269 e. The number of benzene rings is 3. The molecule has 0 saturated carbocycles. The average Bonchev–Trinajstić information content (AvgIpc) is 3.84. The van der Waals surface area contributed by atoms with E-state index >= 15 is 0 Å². The lowest BCUT2D eigenvalue weighted by atomic mass is 10.00. The van der Waals surface area contributed by atoms with Gasteiger partial charge in [-0.2, -0.15) is 5.10 Å². The normalized spacial score (nSPS) is 14.3. The molecule has 226 valence electrons. The Hall–Kier alpha value is -5.14. The second-order valence-electron chi connectivity index (χ2n) is 10.2. The van der Waals surface area contributed by atoms with E-state index in [9.17, 15) is 19.7 Å². The molecule has 3 aromatic carbocycles. The van der Waals surface area contributed by atoms with Gasteiger partial charge in [0.05, 0.1) is 33.9 Å².